The summed E-state index contributed by atoms with van der Waals surface area (Å²) in [4.78, 5) is 23.2. The predicted octanol–water partition coefficient (Wildman–Crippen LogP) is 3.01. The van der Waals surface area contributed by atoms with Crippen molar-refractivity contribution in [3.63, 3.8) is 0 Å². The van der Waals surface area contributed by atoms with Gasteiger partial charge in [0.2, 0.25) is 0 Å². The van der Waals surface area contributed by atoms with E-state index in [1.807, 2.05) is 12.1 Å². The number of benzene rings is 2. The van der Waals surface area contributed by atoms with Crippen molar-refractivity contribution in [1.29, 1.82) is 0 Å². The molecule has 0 aliphatic heterocycles. The van der Waals surface area contributed by atoms with Gasteiger partial charge < -0.3 is 15.5 Å². The van der Waals surface area contributed by atoms with E-state index in [-0.39, 0.29) is 16.7 Å². The van der Waals surface area contributed by atoms with E-state index in [9.17, 15) is 14.7 Å². The van der Waals surface area contributed by atoms with Gasteiger partial charge in [-0.05, 0) is 35.2 Å². The van der Waals surface area contributed by atoms with Crippen LogP contribution in [-0.4, -0.2) is 17.0 Å². The fraction of sp³-hybridized carbons (Fsp3) is 0.222. The summed E-state index contributed by atoms with van der Waals surface area (Å²) in [5.41, 5.74) is 1.05. The monoisotopic (exact) mass is 312 g/mol. The van der Waals surface area contributed by atoms with Crippen molar-refractivity contribution in [1.82, 2.24) is 0 Å². The van der Waals surface area contributed by atoms with E-state index in [0.717, 1.165) is 5.56 Å². The third kappa shape index (κ3) is 3.69. The van der Waals surface area contributed by atoms with Crippen molar-refractivity contribution >= 4 is 17.6 Å². The summed E-state index contributed by atoms with van der Waals surface area (Å²) < 4.78 is 0. The molecule has 0 saturated heterocycles. The summed E-state index contributed by atoms with van der Waals surface area (Å²) in [5, 5.41) is 23.4. The zero-order chi connectivity index (χ0) is 17.2. The summed E-state index contributed by atoms with van der Waals surface area (Å²) in [6, 6.07) is 11.1. The molecule has 1 amide bonds. The van der Waals surface area contributed by atoms with Gasteiger partial charge in [-0.3, -0.25) is 4.79 Å². The van der Waals surface area contributed by atoms with E-state index in [0.29, 0.717) is 5.56 Å². The number of carbonyl (C=O) groups excluding carboxylic acids is 1. The second-order valence-corrected chi connectivity index (χ2v) is 6.27. The van der Waals surface area contributed by atoms with Gasteiger partial charge in [0.05, 0.1) is 5.56 Å². The molecule has 0 saturated carbocycles. The van der Waals surface area contributed by atoms with Crippen LogP contribution in [0.4, 0.5) is 5.69 Å². The van der Waals surface area contributed by atoms with Gasteiger partial charge in [-0.15, -0.1) is 0 Å². The number of aromatic carboxylic acids is 1. The summed E-state index contributed by atoms with van der Waals surface area (Å²) in [7, 11) is 0. The van der Waals surface area contributed by atoms with Crippen molar-refractivity contribution in [3.05, 3.63) is 59.2 Å². The Hall–Kier alpha value is -2.82. The predicted molar refractivity (Wildman–Crippen MR) is 85.9 cm³/mol. The fourth-order valence-corrected chi connectivity index (χ4v) is 2.12. The Balaban J connectivity index is 2.23. The van der Waals surface area contributed by atoms with Gasteiger partial charge in [0, 0.05) is 11.3 Å². The van der Waals surface area contributed by atoms with Crippen molar-refractivity contribution in [2.75, 3.05) is 5.32 Å². The highest BCUT2D eigenvalue weighted by Crippen LogP contribution is 2.26. The third-order valence-electron chi connectivity index (χ3n) is 3.51. The number of amides is 1. The van der Waals surface area contributed by atoms with Crippen LogP contribution in [0, 0.1) is 0 Å². The summed E-state index contributed by atoms with van der Waals surface area (Å²) in [6.45, 7) is 6.22. The molecule has 2 aromatic carbocycles. The second kappa shape index (κ2) is 6.12. The van der Waals surface area contributed by atoms with Gasteiger partial charge in [0.15, 0.2) is 0 Å². The number of carboxylic acids is 1. The van der Waals surface area contributed by atoms with Gasteiger partial charge in [-0.2, -0.15) is 0 Å². The zero-order valence-corrected chi connectivity index (χ0v) is 13.2. The number of rotatable bonds is 3. The van der Waals surface area contributed by atoms with E-state index in [1.165, 1.54) is 18.2 Å². The first kappa shape index (κ1) is 16.5. The maximum atomic E-state index is 12.2. The van der Waals surface area contributed by atoms with Crippen LogP contribution in [0.25, 0.3) is 0 Å². The quantitative estimate of drug-likeness (QED) is 0.911. The molecule has 0 aliphatic carbocycles. The Kier molecular flexibility index (Phi) is 4.40. The first-order valence-corrected chi connectivity index (χ1v) is 7.15. The molecule has 0 radical (unpaired) electrons. The molecule has 0 aromatic heterocycles. The third-order valence-corrected chi connectivity index (χ3v) is 3.51. The van der Waals surface area contributed by atoms with Crippen LogP contribution >= 0.6 is 0 Å². The average Bonchev–Trinajstić information content (AvgIpc) is 2.48. The lowest BCUT2D eigenvalue weighted by Crippen LogP contribution is -2.16. The second-order valence-electron chi connectivity index (χ2n) is 6.27. The lowest BCUT2D eigenvalue weighted by atomic mass is 9.87. The molecule has 23 heavy (non-hydrogen) atoms. The number of nitrogens with one attached hydrogen (secondary N) is 1. The van der Waals surface area contributed by atoms with E-state index >= 15 is 0 Å². The maximum Gasteiger partial charge on any atom is 0.335 e. The van der Waals surface area contributed by atoms with Crippen LogP contribution in [0.3, 0.4) is 0 Å². The number of hydrogen-bond acceptors (Lipinski definition) is 3. The zero-order valence-electron chi connectivity index (χ0n) is 13.2. The van der Waals surface area contributed by atoms with Crippen molar-refractivity contribution in [2.45, 2.75) is 26.2 Å². The number of anilines is 1. The highest BCUT2D eigenvalue weighted by Gasteiger charge is 2.15. The Labute approximate surface area is 134 Å². The first-order valence-electron chi connectivity index (χ1n) is 7.15. The summed E-state index contributed by atoms with van der Waals surface area (Å²) in [5.74, 6) is -2.48. The minimum atomic E-state index is -1.32. The van der Waals surface area contributed by atoms with Crippen LogP contribution in [0.15, 0.2) is 42.5 Å². The normalized spacial score (nSPS) is 11.1. The highest BCUT2D eigenvalue weighted by atomic mass is 16.4. The van der Waals surface area contributed by atoms with Crippen LogP contribution in [0.1, 0.15) is 47.1 Å². The lowest BCUT2D eigenvalue weighted by molar-refractivity contribution is -0.267. The van der Waals surface area contributed by atoms with Crippen LogP contribution in [0.2, 0.25) is 0 Å². The van der Waals surface area contributed by atoms with Gasteiger partial charge in [0.1, 0.15) is 0 Å². The Morgan fingerprint density at radius 2 is 1.65 bits per heavy atom. The Morgan fingerprint density at radius 3 is 2.17 bits per heavy atom. The van der Waals surface area contributed by atoms with Crippen molar-refractivity contribution in [2.24, 2.45) is 0 Å². The standard InChI is InChI=1S/C18H19NO4/c1-18(2,3)12-9-7-11(8-10-12)16(21)19-14-6-4-5-13(15(14)20)17(22)23/h4-10,20H,1-3H3,(H,19,21)(H,22,23)/p-1. The summed E-state index contributed by atoms with van der Waals surface area (Å²) >= 11 is 0. The molecular formula is C18H18NO4-. The molecule has 2 aromatic rings. The van der Waals surface area contributed by atoms with Gasteiger partial charge in [-0.25, -0.2) is 4.79 Å². The molecule has 0 bridgehead atoms. The molecule has 0 heterocycles. The van der Waals surface area contributed by atoms with Gasteiger partial charge in [0.25, 0.3) is 5.91 Å². The van der Waals surface area contributed by atoms with Crippen LogP contribution in [0.5, 0.6) is 5.75 Å². The van der Waals surface area contributed by atoms with Crippen molar-refractivity contribution in [3.8, 4) is 5.75 Å². The number of carboxylic acid groups (broad SMARTS) is 1. The topological polar surface area (TPSA) is 89.5 Å². The van der Waals surface area contributed by atoms with Gasteiger partial charge in [-0.1, -0.05) is 44.7 Å². The van der Waals surface area contributed by atoms with E-state index < -0.39 is 17.6 Å². The number of para-hydroxylation sites is 1. The molecule has 5 heteroatoms. The SMILES string of the molecule is CC(C)(C)c1ccc(C(=O)Nc2cccc(C(=O)O)c2[O-])cc1. The average molecular weight is 312 g/mol. The molecule has 0 unspecified atom stereocenters. The Morgan fingerprint density at radius 1 is 1.04 bits per heavy atom. The lowest BCUT2D eigenvalue weighted by Gasteiger charge is -2.19. The van der Waals surface area contributed by atoms with Gasteiger partial charge >= 0.3 is 5.97 Å². The van der Waals surface area contributed by atoms with E-state index in [2.05, 4.69) is 26.1 Å². The molecular weight excluding hydrogens is 294 g/mol. The first-order chi connectivity index (χ1) is 10.7. The minimum Gasteiger partial charge on any atom is -0.870 e. The maximum absolute atomic E-state index is 12.2. The molecule has 0 fully saturated rings. The number of carbonyl (C=O) groups is 2. The highest BCUT2D eigenvalue weighted by molar-refractivity contribution is 6.06. The smallest absolute Gasteiger partial charge is 0.335 e. The van der Waals surface area contributed by atoms with E-state index in [1.54, 1.807) is 12.1 Å². The molecule has 120 valence electrons. The molecule has 0 aliphatic rings. The molecule has 0 spiro atoms. The number of hydrogen-bond donors (Lipinski definition) is 2. The molecule has 5 nitrogen and oxygen atoms in total. The summed E-state index contributed by atoms with van der Waals surface area (Å²) in [6.07, 6.45) is 0. The molecule has 0 atom stereocenters. The fourth-order valence-electron chi connectivity index (χ4n) is 2.12. The molecule has 2 rings (SSSR count). The minimum absolute atomic E-state index is 0.0208. The Bertz CT molecular complexity index is 743. The van der Waals surface area contributed by atoms with E-state index in [4.69, 9.17) is 5.11 Å². The van der Waals surface area contributed by atoms with Crippen molar-refractivity contribution < 1.29 is 19.8 Å². The largest absolute Gasteiger partial charge is 0.870 e. The van der Waals surface area contributed by atoms with Crippen LogP contribution < -0.4 is 10.4 Å². The molecule has 2 N–H and O–H groups in total. The van der Waals surface area contributed by atoms with Crippen LogP contribution in [-0.2, 0) is 5.41 Å².